The van der Waals surface area contributed by atoms with Gasteiger partial charge in [0.1, 0.15) is 12.0 Å². The molecule has 0 N–H and O–H groups in total. The van der Waals surface area contributed by atoms with Crippen molar-refractivity contribution < 1.29 is 0 Å². The highest BCUT2D eigenvalue weighted by molar-refractivity contribution is 6.34. The standard InChI is InChI=1S/C20H19ClN6/c1-13(2)26(3)20-19(27-12-22-24-25-27)18(14-8-4-6-10-16(14)21)15-9-5-7-11-17(15)23-20/h4-13H,1-3H3. The van der Waals surface area contributed by atoms with Crippen molar-refractivity contribution in [2.24, 2.45) is 0 Å². The van der Waals surface area contributed by atoms with E-state index in [1.807, 2.05) is 55.6 Å². The Hall–Kier alpha value is -2.99. The van der Waals surface area contributed by atoms with Crippen molar-refractivity contribution in [1.82, 2.24) is 25.2 Å². The Morgan fingerprint density at radius 2 is 1.78 bits per heavy atom. The van der Waals surface area contributed by atoms with Crippen LogP contribution >= 0.6 is 11.6 Å². The number of nitrogens with zero attached hydrogens (tertiary/aromatic N) is 6. The Labute approximate surface area is 162 Å². The topological polar surface area (TPSA) is 59.7 Å². The molecule has 0 radical (unpaired) electrons. The lowest BCUT2D eigenvalue weighted by Crippen LogP contribution is -2.28. The van der Waals surface area contributed by atoms with Gasteiger partial charge < -0.3 is 4.90 Å². The van der Waals surface area contributed by atoms with E-state index in [0.29, 0.717) is 5.02 Å². The third kappa shape index (κ3) is 3.02. The number of benzene rings is 2. The van der Waals surface area contributed by atoms with Crippen LogP contribution in [-0.2, 0) is 0 Å². The fourth-order valence-corrected chi connectivity index (χ4v) is 3.33. The van der Waals surface area contributed by atoms with Crippen molar-refractivity contribution in [3.63, 3.8) is 0 Å². The molecule has 2 aromatic carbocycles. The normalized spacial score (nSPS) is 11.3. The first-order valence-electron chi connectivity index (χ1n) is 8.71. The molecular formula is C20H19ClN6. The molecule has 2 heterocycles. The largest absolute Gasteiger partial charge is 0.355 e. The molecule has 0 atom stereocenters. The number of hydrogen-bond donors (Lipinski definition) is 0. The van der Waals surface area contributed by atoms with Gasteiger partial charge in [-0.15, -0.1) is 5.10 Å². The van der Waals surface area contributed by atoms with Crippen molar-refractivity contribution in [2.45, 2.75) is 19.9 Å². The van der Waals surface area contributed by atoms with Gasteiger partial charge in [-0.05, 0) is 36.4 Å². The molecule has 0 aliphatic rings. The van der Waals surface area contributed by atoms with Crippen LogP contribution in [0.5, 0.6) is 0 Å². The number of halogens is 1. The van der Waals surface area contributed by atoms with Crippen LogP contribution in [0.1, 0.15) is 13.8 Å². The molecule has 136 valence electrons. The van der Waals surface area contributed by atoms with Crippen LogP contribution in [0.2, 0.25) is 5.02 Å². The van der Waals surface area contributed by atoms with E-state index in [1.165, 1.54) is 0 Å². The molecule has 27 heavy (non-hydrogen) atoms. The lowest BCUT2D eigenvalue weighted by molar-refractivity contribution is 0.729. The van der Waals surface area contributed by atoms with Gasteiger partial charge in [0.15, 0.2) is 5.82 Å². The number of hydrogen-bond acceptors (Lipinski definition) is 5. The van der Waals surface area contributed by atoms with Gasteiger partial charge >= 0.3 is 0 Å². The predicted molar refractivity (Wildman–Crippen MR) is 108 cm³/mol. The van der Waals surface area contributed by atoms with Gasteiger partial charge in [-0.1, -0.05) is 48.0 Å². The zero-order valence-corrected chi connectivity index (χ0v) is 16.1. The van der Waals surface area contributed by atoms with Crippen molar-refractivity contribution in [3.05, 3.63) is 59.9 Å². The van der Waals surface area contributed by atoms with Crippen LogP contribution in [0.15, 0.2) is 54.9 Å². The van der Waals surface area contributed by atoms with E-state index in [4.69, 9.17) is 16.6 Å². The summed E-state index contributed by atoms with van der Waals surface area (Å²) in [7, 11) is 2.02. The van der Waals surface area contributed by atoms with Crippen molar-refractivity contribution in [3.8, 4) is 16.8 Å². The zero-order valence-electron chi connectivity index (χ0n) is 15.3. The lowest BCUT2D eigenvalue weighted by Gasteiger charge is -2.27. The average Bonchev–Trinajstić information content (AvgIpc) is 3.21. The van der Waals surface area contributed by atoms with Gasteiger partial charge in [0, 0.05) is 34.6 Å². The third-order valence-electron chi connectivity index (χ3n) is 4.68. The molecule has 0 bridgehead atoms. The Balaban J connectivity index is 2.19. The molecule has 0 aliphatic heterocycles. The summed E-state index contributed by atoms with van der Waals surface area (Å²) < 4.78 is 1.66. The lowest BCUT2D eigenvalue weighted by atomic mass is 9.98. The highest BCUT2D eigenvalue weighted by Gasteiger charge is 2.23. The van der Waals surface area contributed by atoms with E-state index in [2.05, 4.69) is 34.3 Å². The summed E-state index contributed by atoms with van der Waals surface area (Å²) in [5.74, 6) is 0.797. The average molecular weight is 379 g/mol. The van der Waals surface area contributed by atoms with Crippen LogP contribution < -0.4 is 4.90 Å². The highest BCUT2D eigenvalue weighted by Crippen LogP contribution is 2.41. The molecule has 2 aromatic heterocycles. The molecule has 4 rings (SSSR count). The van der Waals surface area contributed by atoms with Gasteiger partial charge in [-0.25, -0.2) is 4.98 Å². The molecule has 0 spiro atoms. The van der Waals surface area contributed by atoms with Crippen LogP contribution in [0, 0.1) is 0 Å². The third-order valence-corrected chi connectivity index (χ3v) is 5.01. The fourth-order valence-electron chi connectivity index (χ4n) is 3.10. The van der Waals surface area contributed by atoms with Gasteiger partial charge in [-0.3, -0.25) is 0 Å². The Bertz CT molecular complexity index is 1090. The number of anilines is 1. The maximum Gasteiger partial charge on any atom is 0.156 e. The second-order valence-corrected chi connectivity index (χ2v) is 7.02. The van der Waals surface area contributed by atoms with E-state index >= 15 is 0 Å². The SMILES string of the molecule is CC(C)N(C)c1nc2ccccc2c(-c2ccccc2Cl)c1-n1cnnn1. The maximum absolute atomic E-state index is 6.59. The van der Waals surface area contributed by atoms with E-state index < -0.39 is 0 Å². The predicted octanol–water partition coefficient (Wildman–Crippen LogP) is 4.38. The molecule has 0 aliphatic carbocycles. The van der Waals surface area contributed by atoms with E-state index in [0.717, 1.165) is 33.5 Å². The second-order valence-electron chi connectivity index (χ2n) is 6.62. The Morgan fingerprint density at radius 3 is 2.48 bits per heavy atom. The van der Waals surface area contributed by atoms with Gasteiger partial charge in [0.25, 0.3) is 0 Å². The Morgan fingerprint density at radius 1 is 1.04 bits per heavy atom. The number of rotatable bonds is 4. The van der Waals surface area contributed by atoms with Crippen LogP contribution in [0.4, 0.5) is 5.82 Å². The zero-order chi connectivity index (χ0) is 19.0. The minimum atomic E-state index is 0.244. The van der Waals surface area contributed by atoms with E-state index in [1.54, 1.807) is 11.0 Å². The summed E-state index contributed by atoms with van der Waals surface area (Å²) in [5.41, 5.74) is 3.58. The quantitative estimate of drug-likeness (QED) is 0.527. The first kappa shape index (κ1) is 17.4. The smallest absolute Gasteiger partial charge is 0.156 e. The first-order valence-corrected chi connectivity index (χ1v) is 9.09. The van der Waals surface area contributed by atoms with Gasteiger partial charge in [0.2, 0.25) is 0 Å². The molecule has 0 fully saturated rings. The molecule has 0 amide bonds. The van der Waals surface area contributed by atoms with E-state index in [-0.39, 0.29) is 6.04 Å². The molecule has 0 saturated carbocycles. The minimum absolute atomic E-state index is 0.244. The number of para-hydroxylation sites is 1. The molecular weight excluding hydrogens is 360 g/mol. The van der Waals surface area contributed by atoms with Crippen LogP contribution in [-0.4, -0.2) is 38.3 Å². The summed E-state index contributed by atoms with van der Waals surface area (Å²) in [5, 5.41) is 13.5. The summed E-state index contributed by atoms with van der Waals surface area (Å²) >= 11 is 6.59. The molecule has 0 saturated heterocycles. The van der Waals surface area contributed by atoms with Crippen molar-refractivity contribution in [2.75, 3.05) is 11.9 Å². The van der Waals surface area contributed by atoms with Gasteiger partial charge in [-0.2, -0.15) is 4.68 Å². The number of pyridine rings is 1. The van der Waals surface area contributed by atoms with Crippen LogP contribution in [0.3, 0.4) is 0 Å². The second kappa shape index (κ2) is 6.96. The highest BCUT2D eigenvalue weighted by atomic mass is 35.5. The summed E-state index contributed by atoms with van der Waals surface area (Å²) in [6.45, 7) is 4.24. The monoisotopic (exact) mass is 378 g/mol. The number of tetrazole rings is 1. The minimum Gasteiger partial charge on any atom is -0.355 e. The summed E-state index contributed by atoms with van der Waals surface area (Å²) in [4.78, 5) is 7.05. The molecule has 4 aromatic rings. The summed E-state index contributed by atoms with van der Waals surface area (Å²) in [6, 6.07) is 16.1. The number of fused-ring (bicyclic) bond motifs is 1. The van der Waals surface area contributed by atoms with Crippen LogP contribution in [0.25, 0.3) is 27.7 Å². The Kier molecular flexibility index (Phi) is 4.49. The van der Waals surface area contributed by atoms with Crippen molar-refractivity contribution in [1.29, 1.82) is 0 Å². The number of aromatic nitrogens is 5. The molecule has 6 nitrogen and oxygen atoms in total. The molecule has 7 heteroatoms. The maximum atomic E-state index is 6.59. The van der Waals surface area contributed by atoms with Crippen molar-refractivity contribution >= 4 is 28.3 Å². The fraction of sp³-hybridized carbons (Fsp3) is 0.200. The first-order chi connectivity index (χ1) is 13.1. The summed E-state index contributed by atoms with van der Waals surface area (Å²) in [6.07, 6.45) is 1.59. The van der Waals surface area contributed by atoms with Gasteiger partial charge in [0.05, 0.1) is 5.52 Å². The van der Waals surface area contributed by atoms with E-state index in [9.17, 15) is 0 Å². The molecule has 0 unspecified atom stereocenters.